The van der Waals surface area contributed by atoms with Gasteiger partial charge in [-0.2, -0.15) is 0 Å². The van der Waals surface area contributed by atoms with Crippen LogP contribution in [0.4, 0.5) is 0 Å². The Bertz CT molecular complexity index is 2800. The normalized spacial score (nSPS) is 29.9. The van der Waals surface area contributed by atoms with Gasteiger partial charge in [-0.25, -0.2) is 0 Å². The second-order valence-electron chi connectivity index (χ2n) is 20.9. The smallest absolute Gasteiger partial charge is 0.0729 e. The van der Waals surface area contributed by atoms with Gasteiger partial charge in [-0.3, -0.25) is 9.97 Å². The lowest BCUT2D eigenvalue weighted by Gasteiger charge is -2.51. The van der Waals surface area contributed by atoms with E-state index < -0.39 is 0 Å². The van der Waals surface area contributed by atoms with E-state index in [9.17, 15) is 0 Å². The molecular formula is C49H51N3. The molecule has 0 atom stereocenters. The lowest BCUT2D eigenvalue weighted by molar-refractivity contribution is 0.184. The SMILES string of the molecule is CC(C)(C)c1ccc2c3c(cccc13)C(C)(C)c1cc3c4c5c(ncc4n4c6cnc7c(c6c(c1-2)c34)C1(C)CCC7(C)CC1)C1(C)CCC5(C)CC1. The predicted molar refractivity (Wildman–Crippen MR) is 217 cm³/mol. The molecule has 0 unspecified atom stereocenters. The molecule has 3 aromatic carbocycles. The quantitative estimate of drug-likeness (QED) is 0.159. The average Bonchev–Trinajstić information content (AvgIpc) is 3.63. The topological polar surface area (TPSA) is 30.2 Å². The first-order valence-electron chi connectivity index (χ1n) is 20.3. The molecule has 7 aliphatic rings. The number of rotatable bonds is 0. The summed E-state index contributed by atoms with van der Waals surface area (Å²) in [4.78, 5) is 11.0. The molecule has 0 amide bonds. The van der Waals surface area contributed by atoms with Crippen molar-refractivity contribution in [1.29, 1.82) is 0 Å². The Morgan fingerprint density at radius 1 is 0.577 bits per heavy atom. The molecule has 3 heteroatoms. The van der Waals surface area contributed by atoms with E-state index in [0.717, 1.165) is 0 Å². The van der Waals surface area contributed by atoms with Gasteiger partial charge in [0.25, 0.3) is 0 Å². The van der Waals surface area contributed by atoms with E-state index >= 15 is 0 Å². The molecule has 262 valence electrons. The number of pyridine rings is 2. The Morgan fingerprint density at radius 3 is 1.73 bits per heavy atom. The van der Waals surface area contributed by atoms with Crippen LogP contribution in [-0.4, -0.2) is 14.4 Å². The van der Waals surface area contributed by atoms with Crippen molar-refractivity contribution in [1.82, 2.24) is 14.4 Å². The highest BCUT2D eigenvalue weighted by atomic mass is 15.0. The highest BCUT2D eigenvalue weighted by Gasteiger charge is 2.52. The second kappa shape index (κ2) is 8.69. The van der Waals surface area contributed by atoms with Crippen LogP contribution < -0.4 is 0 Å². The highest BCUT2D eigenvalue weighted by Crippen LogP contribution is 2.63. The number of benzene rings is 3. The van der Waals surface area contributed by atoms with Gasteiger partial charge in [-0.15, -0.1) is 0 Å². The minimum Gasteiger partial charge on any atom is -0.305 e. The van der Waals surface area contributed by atoms with Crippen molar-refractivity contribution in [3.8, 4) is 11.1 Å². The minimum absolute atomic E-state index is 0.0492. The molecule has 2 fully saturated rings. The van der Waals surface area contributed by atoms with Gasteiger partial charge in [0.05, 0.1) is 40.3 Å². The zero-order valence-corrected chi connectivity index (χ0v) is 32.6. The third-order valence-corrected chi connectivity index (χ3v) is 16.4. The fourth-order valence-corrected chi connectivity index (χ4v) is 13.1. The monoisotopic (exact) mass is 681 g/mol. The van der Waals surface area contributed by atoms with Crippen molar-refractivity contribution >= 4 is 48.9 Å². The van der Waals surface area contributed by atoms with E-state index in [0.29, 0.717) is 0 Å². The zero-order chi connectivity index (χ0) is 35.7. The molecule has 0 spiro atoms. The molecular weight excluding hydrogens is 631 g/mol. The Morgan fingerprint density at radius 2 is 1.13 bits per heavy atom. The fourth-order valence-electron chi connectivity index (χ4n) is 13.1. The van der Waals surface area contributed by atoms with E-state index in [-0.39, 0.29) is 32.5 Å². The number of fused-ring (bicyclic) bond motifs is 13. The van der Waals surface area contributed by atoms with Crippen molar-refractivity contribution in [3.05, 3.63) is 88.0 Å². The third-order valence-electron chi connectivity index (χ3n) is 16.4. The lowest BCUT2D eigenvalue weighted by atomic mass is 9.53. The largest absolute Gasteiger partial charge is 0.305 e. The number of aromatic nitrogens is 3. The summed E-state index contributed by atoms with van der Waals surface area (Å²) in [7, 11) is 0. The molecule has 4 heterocycles. The summed E-state index contributed by atoms with van der Waals surface area (Å²) in [6.07, 6.45) is 14.5. The van der Waals surface area contributed by atoms with Crippen LogP contribution in [0.3, 0.4) is 0 Å². The highest BCUT2D eigenvalue weighted by molar-refractivity contribution is 6.30. The van der Waals surface area contributed by atoms with Crippen molar-refractivity contribution < 1.29 is 0 Å². The lowest BCUT2D eigenvalue weighted by Crippen LogP contribution is -2.45. The molecule has 52 heavy (non-hydrogen) atoms. The van der Waals surface area contributed by atoms with Crippen LogP contribution in [0.1, 0.15) is 153 Å². The summed E-state index contributed by atoms with van der Waals surface area (Å²) < 4.78 is 2.65. The summed E-state index contributed by atoms with van der Waals surface area (Å²) in [5.74, 6) is 0. The number of nitrogens with zero attached hydrogens (tertiary/aromatic N) is 3. The van der Waals surface area contributed by atoms with Crippen LogP contribution in [0.25, 0.3) is 60.0 Å². The maximum absolute atomic E-state index is 5.51. The van der Waals surface area contributed by atoms with Crippen molar-refractivity contribution in [2.45, 2.75) is 146 Å². The van der Waals surface area contributed by atoms with Gasteiger partial charge in [0.2, 0.25) is 0 Å². The molecule has 7 aromatic rings. The first-order valence-corrected chi connectivity index (χ1v) is 20.3. The maximum Gasteiger partial charge on any atom is 0.0729 e. The second-order valence-corrected chi connectivity index (χ2v) is 20.9. The number of hydrogen-bond donors (Lipinski definition) is 0. The summed E-state index contributed by atoms with van der Waals surface area (Å²) >= 11 is 0. The zero-order valence-electron chi connectivity index (χ0n) is 32.6. The summed E-state index contributed by atoms with van der Waals surface area (Å²) in [6.45, 7) is 22.2. The molecule has 14 rings (SSSR count). The summed E-state index contributed by atoms with van der Waals surface area (Å²) in [5.41, 5.74) is 17.6. The van der Waals surface area contributed by atoms with Gasteiger partial charge in [-0.1, -0.05) is 92.6 Å². The molecule has 0 saturated heterocycles. The van der Waals surface area contributed by atoms with Crippen LogP contribution in [0.15, 0.2) is 48.8 Å². The Kier molecular flexibility index (Phi) is 5.10. The molecule has 7 aliphatic carbocycles. The van der Waals surface area contributed by atoms with Gasteiger partial charge >= 0.3 is 0 Å². The maximum atomic E-state index is 5.51. The van der Waals surface area contributed by atoms with E-state index in [4.69, 9.17) is 9.97 Å². The third kappa shape index (κ3) is 3.19. The Balaban J connectivity index is 1.36. The molecule has 4 aromatic heterocycles. The van der Waals surface area contributed by atoms with Gasteiger partial charge in [0.15, 0.2) is 0 Å². The first kappa shape index (κ1) is 30.5. The minimum atomic E-state index is -0.176. The molecule has 4 bridgehead atoms. The van der Waals surface area contributed by atoms with E-state index in [1.807, 2.05) is 0 Å². The molecule has 3 nitrogen and oxygen atoms in total. The van der Waals surface area contributed by atoms with E-state index in [2.05, 4.69) is 116 Å². The fraction of sp³-hybridized carbons (Fsp3) is 0.469. The van der Waals surface area contributed by atoms with Crippen LogP contribution in [0.2, 0.25) is 0 Å². The van der Waals surface area contributed by atoms with Gasteiger partial charge in [0.1, 0.15) is 0 Å². The molecule has 2 saturated carbocycles. The van der Waals surface area contributed by atoms with E-state index in [1.54, 1.807) is 11.1 Å². The average molecular weight is 682 g/mol. The molecule has 0 radical (unpaired) electrons. The first-order chi connectivity index (χ1) is 24.6. The summed E-state index contributed by atoms with van der Waals surface area (Å²) in [5, 5.41) is 8.75. The summed E-state index contributed by atoms with van der Waals surface area (Å²) in [6, 6.07) is 14.8. The van der Waals surface area contributed by atoms with Crippen LogP contribution in [0.5, 0.6) is 0 Å². The standard InChI is InChI=1S/C49H51N3/c1-44(2,3)29-14-13-27-34-26(29)11-10-12-30(34)45(4,5)31-23-28-36-32(24-50-42-39(36)46(6)15-19-48(42,8)20-16-46)52-33-25-51-43-40(37(33)38(35(27)31)41(28)52)47(7)17-21-49(43,9)22-18-47/h10-14,23-25H,15-22H2,1-9H3. The number of hydrogen-bond acceptors (Lipinski definition) is 2. The Labute approximate surface area is 307 Å². The predicted octanol–water partition coefficient (Wildman–Crippen LogP) is 12.6. The van der Waals surface area contributed by atoms with Crippen molar-refractivity contribution in [3.63, 3.8) is 0 Å². The molecule has 0 N–H and O–H groups in total. The molecule has 0 aliphatic heterocycles. The van der Waals surface area contributed by atoms with E-state index in [1.165, 1.54) is 139 Å². The van der Waals surface area contributed by atoms with Gasteiger partial charge in [-0.05, 0) is 123 Å². The van der Waals surface area contributed by atoms with Gasteiger partial charge in [0, 0.05) is 37.8 Å². The van der Waals surface area contributed by atoms with Crippen molar-refractivity contribution in [2.75, 3.05) is 0 Å². The van der Waals surface area contributed by atoms with Crippen LogP contribution in [0, 0.1) is 0 Å². The Hall–Kier alpha value is -3.98. The van der Waals surface area contributed by atoms with Gasteiger partial charge < -0.3 is 4.40 Å². The van der Waals surface area contributed by atoms with Crippen molar-refractivity contribution in [2.24, 2.45) is 0 Å². The van der Waals surface area contributed by atoms with Crippen LogP contribution >= 0.6 is 0 Å². The van der Waals surface area contributed by atoms with Crippen LogP contribution in [-0.2, 0) is 32.5 Å².